The molecule has 0 spiro atoms. The van der Waals surface area contributed by atoms with Crippen molar-refractivity contribution in [3.8, 4) is 28.5 Å². The zero-order valence-corrected chi connectivity index (χ0v) is 11.3. The maximum atomic E-state index is 13.2. The molecule has 0 saturated heterocycles. The van der Waals surface area contributed by atoms with Gasteiger partial charge in [0, 0.05) is 11.1 Å². The number of methoxy groups -OCH3 is 1. The summed E-state index contributed by atoms with van der Waals surface area (Å²) >= 11 is 0. The molecule has 0 bridgehead atoms. The van der Waals surface area contributed by atoms with Gasteiger partial charge in [-0.3, -0.25) is 5.10 Å². The minimum Gasteiger partial charge on any atom is -0.495 e. The summed E-state index contributed by atoms with van der Waals surface area (Å²) in [6.07, 6.45) is 0. The molecule has 0 fully saturated rings. The molecule has 3 aromatic rings. The highest BCUT2D eigenvalue weighted by Gasteiger charge is 2.10. The molecule has 106 valence electrons. The number of rotatable bonds is 3. The molecule has 0 amide bonds. The number of halogens is 1. The number of ether oxygens (including phenoxy) is 1. The van der Waals surface area contributed by atoms with Gasteiger partial charge in [0.1, 0.15) is 11.6 Å². The Balaban J connectivity index is 1.96. The quantitative estimate of drug-likeness (QED) is 0.725. The Bertz CT molecular complexity index is 785. The van der Waals surface area contributed by atoms with Gasteiger partial charge in [-0.2, -0.15) is 5.10 Å². The van der Waals surface area contributed by atoms with Crippen LogP contribution in [0.5, 0.6) is 5.75 Å². The first-order valence-corrected chi connectivity index (χ1v) is 6.29. The van der Waals surface area contributed by atoms with Gasteiger partial charge in [0.05, 0.1) is 12.8 Å². The molecule has 0 atom stereocenters. The van der Waals surface area contributed by atoms with Gasteiger partial charge in [-0.1, -0.05) is 12.1 Å². The van der Waals surface area contributed by atoms with Crippen LogP contribution in [0.15, 0.2) is 42.5 Å². The van der Waals surface area contributed by atoms with E-state index >= 15 is 0 Å². The fraction of sp³-hybridized carbons (Fsp3) is 0.0667. The fourth-order valence-corrected chi connectivity index (χ4v) is 2.03. The van der Waals surface area contributed by atoms with Crippen LogP contribution >= 0.6 is 0 Å². The number of H-pyrrole nitrogens is 1. The number of nitrogen functional groups attached to an aromatic ring is 1. The van der Waals surface area contributed by atoms with E-state index in [0.717, 1.165) is 5.56 Å². The molecule has 6 heteroatoms. The molecule has 21 heavy (non-hydrogen) atoms. The van der Waals surface area contributed by atoms with Crippen LogP contribution in [-0.4, -0.2) is 22.3 Å². The van der Waals surface area contributed by atoms with E-state index in [0.29, 0.717) is 28.6 Å². The van der Waals surface area contributed by atoms with Crippen molar-refractivity contribution in [1.29, 1.82) is 0 Å². The third kappa shape index (κ3) is 2.55. The monoisotopic (exact) mass is 284 g/mol. The van der Waals surface area contributed by atoms with Crippen molar-refractivity contribution >= 4 is 5.69 Å². The SMILES string of the molecule is COc1ccc(-c2nc(-c3cccc(F)c3)n[nH]2)cc1N. The van der Waals surface area contributed by atoms with E-state index in [1.165, 1.54) is 12.1 Å². The summed E-state index contributed by atoms with van der Waals surface area (Å²) in [5.74, 6) is 1.26. The van der Waals surface area contributed by atoms with Crippen molar-refractivity contribution in [2.24, 2.45) is 0 Å². The van der Waals surface area contributed by atoms with Crippen LogP contribution in [0.3, 0.4) is 0 Å². The van der Waals surface area contributed by atoms with E-state index in [1.807, 2.05) is 6.07 Å². The first kappa shape index (κ1) is 13.1. The third-order valence-electron chi connectivity index (χ3n) is 3.07. The topological polar surface area (TPSA) is 76.8 Å². The number of nitrogens with two attached hydrogens (primary N) is 1. The van der Waals surface area contributed by atoms with Crippen LogP contribution in [0.25, 0.3) is 22.8 Å². The standard InChI is InChI=1S/C15H13FN4O/c1-21-13-6-5-10(8-12(13)17)15-18-14(19-20-15)9-3-2-4-11(16)7-9/h2-8H,17H2,1H3,(H,18,19,20). The Labute approximate surface area is 120 Å². The van der Waals surface area contributed by atoms with Crippen molar-refractivity contribution in [2.75, 3.05) is 12.8 Å². The highest BCUT2D eigenvalue weighted by atomic mass is 19.1. The number of hydrogen-bond donors (Lipinski definition) is 2. The summed E-state index contributed by atoms with van der Waals surface area (Å²) in [6, 6.07) is 11.5. The van der Waals surface area contributed by atoms with Crippen molar-refractivity contribution in [3.05, 3.63) is 48.3 Å². The second kappa shape index (κ2) is 5.24. The first-order valence-electron chi connectivity index (χ1n) is 6.29. The second-order valence-corrected chi connectivity index (χ2v) is 4.47. The zero-order chi connectivity index (χ0) is 14.8. The molecule has 0 aliphatic carbocycles. The smallest absolute Gasteiger partial charge is 0.181 e. The van der Waals surface area contributed by atoms with Gasteiger partial charge in [0.25, 0.3) is 0 Å². The molecule has 3 rings (SSSR count). The van der Waals surface area contributed by atoms with E-state index in [1.54, 1.807) is 31.4 Å². The normalized spacial score (nSPS) is 10.6. The van der Waals surface area contributed by atoms with Crippen molar-refractivity contribution in [1.82, 2.24) is 15.2 Å². The minimum absolute atomic E-state index is 0.326. The molecular formula is C15H13FN4O. The first-order chi connectivity index (χ1) is 10.2. The summed E-state index contributed by atoms with van der Waals surface area (Å²) in [5.41, 5.74) is 7.77. The largest absolute Gasteiger partial charge is 0.495 e. The number of aromatic amines is 1. The number of nitrogens with zero attached hydrogens (tertiary/aromatic N) is 2. The van der Waals surface area contributed by atoms with Crippen molar-refractivity contribution in [2.45, 2.75) is 0 Å². The molecule has 1 heterocycles. The molecule has 2 aromatic carbocycles. The van der Waals surface area contributed by atoms with Crippen LogP contribution in [0.2, 0.25) is 0 Å². The van der Waals surface area contributed by atoms with Crippen molar-refractivity contribution in [3.63, 3.8) is 0 Å². The van der Waals surface area contributed by atoms with Crippen LogP contribution in [0.4, 0.5) is 10.1 Å². The highest BCUT2D eigenvalue weighted by molar-refractivity contribution is 5.67. The van der Waals surface area contributed by atoms with E-state index < -0.39 is 0 Å². The van der Waals surface area contributed by atoms with Crippen LogP contribution in [0.1, 0.15) is 0 Å². The van der Waals surface area contributed by atoms with E-state index in [9.17, 15) is 4.39 Å². The summed E-state index contributed by atoms with van der Waals surface area (Å²) in [6.45, 7) is 0. The van der Waals surface area contributed by atoms with Crippen LogP contribution in [0, 0.1) is 5.82 Å². The summed E-state index contributed by atoms with van der Waals surface area (Å²) < 4.78 is 18.3. The zero-order valence-electron chi connectivity index (χ0n) is 11.3. The number of hydrogen-bond acceptors (Lipinski definition) is 4. The Morgan fingerprint density at radius 2 is 2.00 bits per heavy atom. The summed E-state index contributed by atoms with van der Waals surface area (Å²) in [4.78, 5) is 4.36. The highest BCUT2D eigenvalue weighted by Crippen LogP contribution is 2.27. The predicted molar refractivity (Wildman–Crippen MR) is 78.2 cm³/mol. The molecule has 0 unspecified atom stereocenters. The summed E-state index contributed by atoms with van der Waals surface area (Å²) in [5, 5.41) is 6.93. The Morgan fingerprint density at radius 3 is 2.71 bits per heavy atom. The number of benzene rings is 2. The van der Waals surface area contributed by atoms with E-state index in [4.69, 9.17) is 10.5 Å². The van der Waals surface area contributed by atoms with Gasteiger partial charge >= 0.3 is 0 Å². The second-order valence-electron chi connectivity index (χ2n) is 4.47. The van der Waals surface area contributed by atoms with E-state index in [2.05, 4.69) is 15.2 Å². The molecule has 0 saturated carbocycles. The minimum atomic E-state index is -0.326. The van der Waals surface area contributed by atoms with Crippen LogP contribution < -0.4 is 10.5 Å². The van der Waals surface area contributed by atoms with Gasteiger partial charge in [-0.15, -0.1) is 0 Å². The van der Waals surface area contributed by atoms with E-state index in [-0.39, 0.29) is 5.82 Å². The average Bonchev–Trinajstić information content (AvgIpc) is 2.97. The Kier molecular flexibility index (Phi) is 3.27. The number of aromatic nitrogens is 3. The van der Waals surface area contributed by atoms with Gasteiger partial charge in [-0.05, 0) is 30.3 Å². The molecule has 1 aromatic heterocycles. The van der Waals surface area contributed by atoms with Crippen LogP contribution in [-0.2, 0) is 0 Å². The Morgan fingerprint density at radius 1 is 1.14 bits per heavy atom. The molecule has 0 radical (unpaired) electrons. The number of anilines is 1. The lowest BCUT2D eigenvalue weighted by molar-refractivity contribution is 0.417. The lowest BCUT2D eigenvalue weighted by Crippen LogP contribution is -1.93. The average molecular weight is 284 g/mol. The maximum Gasteiger partial charge on any atom is 0.181 e. The number of nitrogens with one attached hydrogen (secondary N) is 1. The lowest BCUT2D eigenvalue weighted by Gasteiger charge is -2.04. The molecule has 0 aliphatic rings. The third-order valence-corrected chi connectivity index (χ3v) is 3.07. The predicted octanol–water partition coefficient (Wildman–Crippen LogP) is 2.87. The van der Waals surface area contributed by atoms with Gasteiger partial charge in [0.15, 0.2) is 11.6 Å². The maximum absolute atomic E-state index is 13.2. The van der Waals surface area contributed by atoms with Crippen molar-refractivity contribution < 1.29 is 9.13 Å². The molecular weight excluding hydrogens is 271 g/mol. The van der Waals surface area contributed by atoms with Gasteiger partial charge in [0.2, 0.25) is 0 Å². The lowest BCUT2D eigenvalue weighted by atomic mass is 10.1. The molecule has 5 nitrogen and oxygen atoms in total. The van der Waals surface area contributed by atoms with Gasteiger partial charge in [-0.25, -0.2) is 9.37 Å². The molecule has 0 aliphatic heterocycles. The summed E-state index contributed by atoms with van der Waals surface area (Å²) in [7, 11) is 1.56. The molecule has 3 N–H and O–H groups in total. The fourth-order valence-electron chi connectivity index (χ4n) is 2.03. The van der Waals surface area contributed by atoms with Gasteiger partial charge < -0.3 is 10.5 Å². The Hall–Kier alpha value is -2.89.